The lowest BCUT2D eigenvalue weighted by Gasteiger charge is -2.27. The Labute approximate surface area is 131 Å². The van der Waals surface area contributed by atoms with Crippen molar-refractivity contribution in [1.29, 1.82) is 0 Å². The zero-order valence-corrected chi connectivity index (χ0v) is 13.3. The van der Waals surface area contributed by atoms with Gasteiger partial charge >= 0.3 is 5.97 Å². The molecule has 0 radical (unpaired) electrons. The third-order valence-corrected chi connectivity index (χ3v) is 4.08. The number of benzene rings is 2. The van der Waals surface area contributed by atoms with Crippen LogP contribution in [0.2, 0.25) is 0 Å². The van der Waals surface area contributed by atoms with Gasteiger partial charge in [0, 0.05) is 17.4 Å². The number of hydrogen-bond acceptors (Lipinski definition) is 3. The summed E-state index contributed by atoms with van der Waals surface area (Å²) >= 11 is 0. The van der Waals surface area contributed by atoms with Gasteiger partial charge in [-0.05, 0) is 23.6 Å². The van der Waals surface area contributed by atoms with Gasteiger partial charge in [-0.25, -0.2) is 0 Å². The summed E-state index contributed by atoms with van der Waals surface area (Å²) in [5.41, 5.74) is 2.70. The number of phenols is 1. The zero-order chi connectivity index (χ0) is 16.2. The number of esters is 1. The van der Waals surface area contributed by atoms with E-state index >= 15 is 0 Å². The van der Waals surface area contributed by atoms with Crippen LogP contribution in [0.15, 0.2) is 48.5 Å². The molecule has 116 valence electrons. The second kappa shape index (κ2) is 6.65. The second-order valence-electron chi connectivity index (χ2n) is 5.92. The van der Waals surface area contributed by atoms with Crippen molar-refractivity contribution in [3.05, 3.63) is 65.2 Å². The quantitative estimate of drug-likeness (QED) is 0.853. The van der Waals surface area contributed by atoms with E-state index in [-0.39, 0.29) is 17.1 Å². The molecule has 0 aliphatic rings. The summed E-state index contributed by atoms with van der Waals surface area (Å²) in [4.78, 5) is 11.3. The van der Waals surface area contributed by atoms with E-state index in [1.807, 2.05) is 30.3 Å². The minimum Gasteiger partial charge on any atom is -0.508 e. The Hall–Kier alpha value is -2.29. The van der Waals surface area contributed by atoms with Gasteiger partial charge in [-0.2, -0.15) is 0 Å². The Morgan fingerprint density at radius 3 is 2.45 bits per heavy atom. The lowest BCUT2D eigenvalue weighted by molar-refractivity contribution is -0.140. The maximum Gasteiger partial charge on any atom is 0.305 e. The second-order valence-corrected chi connectivity index (χ2v) is 5.92. The number of methoxy groups -OCH3 is 1. The molecule has 0 unspecified atom stereocenters. The summed E-state index contributed by atoms with van der Waals surface area (Å²) in [7, 11) is 1.39. The standard InChI is InChI=1S/C19H22O3/c1-19(2,15-7-5-4-6-8-15)16-13-14(9-11-17(16)20)10-12-18(21)22-3/h4-9,11,13,20H,10,12H2,1-3H3. The summed E-state index contributed by atoms with van der Waals surface area (Å²) in [6, 6.07) is 15.6. The van der Waals surface area contributed by atoms with Crippen LogP contribution in [0.25, 0.3) is 0 Å². The van der Waals surface area contributed by atoms with Crippen molar-refractivity contribution in [3.63, 3.8) is 0 Å². The van der Waals surface area contributed by atoms with Crippen molar-refractivity contribution >= 4 is 5.97 Å². The van der Waals surface area contributed by atoms with E-state index in [1.54, 1.807) is 6.07 Å². The number of rotatable bonds is 5. The van der Waals surface area contributed by atoms with Gasteiger partial charge in [0.15, 0.2) is 0 Å². The SMILES string of the molecule is COC(=O)CCc1ccc(O)c(C(C)(C)c2ccccc2)c1. The third kappa shape index (κ3) is 3.48. The molecule has 0 atom stereocenters. The molecule has 22 heavy (non-hydrogen) atoms. The van der Waals surface area contributed by atoms with Crippen LogP contribution < -0.4 is 0 Å². The molecular weight excluding hydrogens is 276 g/mol. The molecule has 2 aromatic rings. The minimum absolute atomic E-state index is 0.225. The molecule has 0 bridgehead atoms. The Balaban J connectivity index is 2.32. The summed E-state index contributed by atoms with van der Waals surface area (Å²) in [6.45, 7) is 4.17. The Morgan fingerprint density at radius 2 is 1.82 bits per heavy atom. The van der Waals surface area contributed by atoms with E-state index in [0.717, 1.165) is 16.7 Å². The predicted molar refractivity (Wildman–Crippen MR) is 87.0 cm³/mol. The average molecular weight is 298 g/mol. The molecular formula is C19H22O3. The fourth-order valence-electron chi connectivity index (χ4n) is 2.60. The third-order valence-electron chi connectivity index (χ3n) is 4.08. The molecule has 3 nitrogen and oxygen atoms in total. The van der Waals surface area contributed by atoms with E-state index in [1.165, 1.54) is 7.11 Å². The van der Waals surface area contributed by atoms with Crippen molar-refractivity contribution in [1.82, 2.24) is 0 Å². The van der Waals surface area contributed by atoms with Gasteiger partial charge in [-0.15, -0.1) is 0 Å². The van der Waals surface area contributed by atoms with E-state index in [9.17, 15) is 9.90 Å². The van der Waals surface area contributed by atoms with E-state index in [4.69, 9.17) is 0 Å². The molecule has 0 amide bonds. The van der Waals surface area contributed by atoms with Crippen LogP contribution in [0.5, 0.6) is 5.75 Å². The first-order chi connectivity index (χ1) is 10.4. The lowest BCUT2D eigenvalue weighted by Crippen LogP contribution is -2.19. The molecule has 0 spiro atoms. The van der Waals surface area contributed by atoms with Crippen molar-refractivity contribution in [2.45, 2.75) is 32.1 Å². The molecule has 0 saturated carbocycles. The van der Waals surface area contributed by atoms with Crippen molar-refractivity contribution in [3.8, 4) is 5.75 Å². The maximum atomic E-state index is 11.3. The normalized spacial score (nSPS) is 11.2. The number of phenolic OH excluding ortho intramolecular Hbond substituents is 1. The highest BCUT2D eigenvalue weighted by atomic mass is 16.5. The van der Waals surface area contributed by atoms with E-state index in [2.05, 4.69) is 30.7 Å². The number of ether oxygens (including phenoxy) is 1. The largest absolute Gasteiger partial charge is 0.508 e. The topological polar surface area (TPSA) is 46.5 Å². The fraction of sp³-hybridized carbons (Fsp3) is 0.316. The molecule has 2 rings (SSSR count). The number of carbonyl (C=O) groups excluding carboxylic acids is 1. The van der Waals surface area contributed by atoms with E-state index < -0.39 is 0 Å². The first kappa shape index (κ1) is 16.1. The fourth-order valence-corrected chi connectivity index (χ4v) is 2.60. The summed E-state index contributed by atoms with van der Waals surface area (Å²) < 4.78 is 4.67. The molecule has 1 N–H and O–H groups in total. The molecule has 0 saturated heterocycles. The molecule has 0 aromatic heterocycles. The highest BCUT2D eigenvalue weighted by Crippen LogP contribution is 2.37. The Kier molecular flexibility index (Phi) is 4.86. The summed E-state index contributed by atoms with van der Waals surface area (Å²) in [5, 5.41) is 10.3. The van der Waals surface area contributed by atoms with Crippen LogP contribution in [-0.2, 0) is 21.4 Å². The van der Waals surface area contributed by atoms with E-state index in [0.29, 0.717) is 12.8 Å². The van der Waals surface area contributed by atoms with Gasteiger partial charge in [0.25, 0.3) is 0 Å². The molecule has 3 heteroatoms. The van der Waals surface area contributed by atoms with Crippen LogP contribution in [-0.4, -0.2) is 18.2 Å². The highest BCUT2D eigenvalue weighted by Gasteiger charge is 2.26. The molecule has 0 fully saturated rings. The Bertz CT molecular complexity index is 645. The van der Waals surface area contributed by atoms with Gasteiger partial charge in [-0.3, -0.25) is 4.79 Å². The molecule has 0 heterocycles. The summed E-state index contributed by atoms with van der Waals surface area (Å²) in [5.74, 6) is 0.0487. The monoisotopic (exact) mass is 298 g/mol. The van der Waals surface area contributed by atoms with Gasteiger partial charge in [-0.1, -0.05) is 56.3 Å². The number of aryl methyl sites for hydroxylation is 1. The Morgan fingerprint density at radius 1 is 1.14 bits per heavy atom. The van der Waals surface area contributed by atoms with Crippen LogP contribution in [0, 0.1) is 0 Å². The van der Waals surface area contributed by atoms with Crippen LogP contribution in [0.1, 0.15) is 37.0 Å². The number of hydrogen-bond donors (Lipinski definition) is 1. The predicted octanol–water partition coefficient (Wildman–Crippen LogP) is 3.82. The van der Waals surface area contributed by atoms with Crippen molar-refractivity contribution in [2.24, 2.45) is 0 Å². The number of carbonyl (C=O) groups is 1. The van der Waals surface area contributed by atoms with Gasteiger partial charge < -0.3 is 9.84 Å². The molecule has 2 aromatic carbocycles. The smallest absolute Gasteiger partial charge is 0.305 e. The highest BCUT2D eigenvalue weighted by molar-refractivity contribution is 5.69. The number of aromatic hydroxyl groups is 1. The van der Waals surface area contributed by atoms with Crippen molar-refractivity contribution in [2.75, 3.05) is 7.11 Å². The minimum atomic E-state index is -0.313. The lowest BCUT2D eigenvalue weighted by atomic mass is 9.77. The first-order valence-corrected chi connectivity index (χ1v) is 7.40. The van der Waals surface area contributed by atoms with Crippen LogP contribution in [0.3, 0.4) is 0 Å². The maximum absolute atomic E-state index is 11.3. The zero-order valence-electron chi connectivity index (χ0n) is 13.3. The molecule has 0 aliphatic heterocycles. The summed E-state index contributed by atoms with van der Waals surface area (Å²) in [6.07, 6.45) is 0.942. The van der Waals surface area contributed by atoms with Crippen LogP contribution in [0.4, 0.5) is 0 Å². The first-order valence-electron chi connectivity index (χ1n) is 7.40. The van der Waals surface area contributed by atoms with Gasteiger partial charge in [0.2, 0.25) is 0 Å². The van der Waals surface area contributed by atoms with Crippen molar-refractivity contribution < 1.29 is 14.6 Å². The average Bonchev–Trinajstić information content (AvgIpc) is 2.54. The van der Waals surface area contributed by atoms with Gasteiger partial charge in [0.1, 0.15) is 5.75 Å². The van der Waals surface area contributed by atoms with Gasteiger partial charge in [0.05, 0.1) is 7.11 Å². The van der Waals surface area contributed by atoms with Crippen LogP contribution >= 0.6 is 0 Å². The molecule has 0 aliphatic carbocycles.